The summed E-state index contributed by atoms with van der Waals surface area (Å²) in [6, 6.07) is 2.47. The molecule has 0 N–H and O–H groups in total. The van der Waals surface area contributed by atoms with E-state index in [4.69, 9.17) is 5.26 Å². The summed E-state index contributed by atoms with van der Waals surface area (Å²) in [6.45, 7) is 4.81. The Bertz CT molecular complexity index is 308. The molecule has 1 nitrogen and oxygen atoms in total. The minimum Gasteiger partial charge on any atom is -0.198 e. The van der Waals surface area contributed by atoms with Crippen molar-refractivity contribution >= 4 is 0 Å². The van der Waals surface area contributed by atoms with Gasteiger partial charge in [-0.1, -0.05) is 46.0 Å². The molecule has 1 heteroatoms. The Labute approximate surface area is 126 Å². The van der Waals surface area contributed by atoms with Crippen molar-refractivity contribution in [2.24, 2.45) is 29.6 Å². The number of nitriles is 1. The van der Waals surface area contributed by atoms with Crippen LogP contribution in [0.5, 0.6) is 0 Å². The van der Waals surface area contributed by atoms with Crippen LogP contribution in [0.2, 0.25) is 0 Å². The molecule has 1 unspecified atom stereocenters. The molecule has 20 heavy (non-hydrogen) atoms. The maximum atomic E-state index is 9.03. The van der Waals surface area contributed by atoms with Gasteiger partial charge in [0.1, 0.15) is 0 Å². The summed E-state index contributed by atoms with van der Waals surface area (Å²) in [5.74, 6) is 4.22. The van der Waals surface area contributed by atoms with E-state index >= 15 is 0 Å². The van der Waals surface area contributed by atoms with Gasteiger partial charge in [0, 0.05) is 5.92 Å². The van der Waals surface area contributed by atoms with E-state index in [2.05, 4.69) is 19.9 Å². The smallest absolute Gasteiger partial charge is 0.0655 e. The average Bonchev–Trinajstić information content (AvgIpc) is 2.48. The van der Waals surface area contributed by atoms with Gasteiger partial charge in [-0.15, -0.1) is 0 Å². The molecule has 2 aliphatic rings. The van der Waals surface area contributed by atoms with Crippen molar-refractivity contribution in [1.29, 1.82) is 5.26 Å². The molecule has 0 bridgehead atoms. The van der Waals surface area contributed by atoms with Crippen molar-refractivity contribution in [2.75, 3.05) is 0 Å². The molecule has 2 saturated carbocycles. The second-order valence-corrected chi connectivity index (χ2v) is 7.56. The highest BCUT2D eigenvalue weighted by atomic mass is 14.4. The van der Waals surface area contributed by atoms with E-state index in [0.717, 1.165) is 23.7 Å². The molecule has 2 aliphatic carbocycles. The molecule has 0 radical (unpaired) electrons. The van der Waals surface area contributed by atoms with Crippen LogP contribution in [0.15, 0.2) is 0 Å². The van der Waals surface area contributed by atoms with E-state index < -0.39 is 0 Å². The van der Waals surface area contributed by atoms with Crippen LogP contribution in [-0.4, -0.2) is 0 Å². The average molecular weight is 275 g/mol. The Kier molecular flexibility index (Phi) is 6.40. The van der Waals surface area contributed by atoms with Gasteiger partial charge in [-0.3, -0.25) is 0 Å². The standard InChI is InChI=1S/C19H33N/c1-3-4-5-6-16-9-12-19(15(2)13-16)18-10-7-17(14-20)8-11-18/h15-19H,3-13H2,1-2H3/t15-,16+,17-,18-,19?/m1/s1. The fraction of sp³-hybridized carbons (Fsp3) is 0.947. The van der Waals surface area contributed by atoms with Crippen LogP contribution < -0.4 is 0 Å². The van der Waals surface area contributed by atoms with Gasteiger partial charge in [-0.25, -0.2) is 0 Å². The van der Waals surface area contributed by atoms with Gasteiger partial charge in [0.05, 0.1) is 6.07 Å². The SMILES string of the molecule is CCCCC[C@H]1CCC([C@H]2CC[C@H](C#N)CC2)[C@H](C)C1. The van der Waals surface area contributed by atoms with Gasteiger partial charge in [0.15, 0.2) is 0 Å². The highest BCUT2D eigenvalue weighted by molar-refractivity contribution is 4.91. The molecule has 2 rings (SSSR count). The van der Waals surface area contributed by atoms with Crippen LogP contribution in [-0.2, 0) is 0 Å². The van der Waals surface area contributed by atoms with E-state index in [1.807, 2.05) is 0 Å². The Morgan fingerprint density at radius 2 is 1.75 bits per heavy atom. The summed E-state index contributed by atoms with van der Waals surface area (Å²) < 4.78 is 0. The zero-order chi connectivity index (χ0) is 14.4. The third-order valence-corrected chi connectivity index (χ3v) is 6.12. The highest BCUT2D eigenvalue weighted by Crippen LogP contribution is 2.45. The van der Waals surface area contributed by atoms with Crippen LogP contribution in [0, 0.1) is 40.9 Å². The topological polar surface area (TPSA) is 23.8 Å². The summed E-state index contributed by atoms with van der Waals surface area (Å²) in [5, 5.41) is 9.03. The summed E-state index contributed by atoms with van der Waals surface area (Å²) >= 11 is 0. The molecule has 0 aromatic heterocycles. The monoisotopic (exact) mass is 275 g/mol. The lowest BCUT2D eigenvalue weighted by Crippen LogP contribution is -2.31. The highest BCUT2D eigenvalue weighted by Gasteiger charge is 2.34. The molecule has 0 amide bonds. The van der Waals surface area contributed by atoms with Gasteiger partial charge in [0.2, 0.25) is 0 Å². The Hall–Kier alpha value is -0.510. The van der Waals surface area contributed by atoms with Crippen LogP contribution >= 0.6 is 0 Å². The van der Waals surface area contributed by atoms with E-state index in [-0.39, 0.29) is 0 Å². The van der Waals surface area contributed by atoms with E-state index in [1.54, 1.807) is 0 Å². The normalized spacial score (nSPS) is 38.4. The Balaban J connectivity index is 1.74. The molecular formula is C19H33N. The zero-order valence-corrected chi connectivity index (χ0v) is 13.6. The fourth-order valence-corrected chi connectivity index (χ4v) is 4.85. The van der Waals surface area contributed by atoms with Crippen molar-refractivity contribution in [3.05, 3.63) is 0 Å². The summed E-state index contributed by atoms with van der Waals surface area (Å²) in [7, 11) is 0. The zero-order valence-electron chi connectivity index (χ0n) is 13.6. The van der Waals surface area contributed by atoms with Crippen molar-refractivity contribution in [1.82, 2.24) is 0 Å². The first-order chi connectivity index (χ1) is 9.74. The third kappa shape index (κ3) is 4.24. The van der Waals surface area contributed by atoms with Gasteiger partial charge in [0.25, 0.3) is 0 Å². The van der Waals surface area contributed by atoms with Gasteiger partial charge in [-0.05, 0) is 62.2 Å². The largest absolute Gasteiger partial charge is 0.198 e. The summed E-state index contributed by atoms with van der Waals surface area (Å²) in [5.41, 5.74) is 0. The van der Waals surface area contributed by atoms with Crippen LogP contribution in [0.25, 0.3) is 0 Å². The van der Waals surface area contributed by atoms with Crippen molar-refractivity contribution in [3.63, 3.8) is 0 Å². The van der Waals surface area contributed by atoms with Crippen molar-refractivity contribution in [3.8, 4) is 6.07 Å². The molecule has 114 valence electrons. The van der Waals surface area contributed by atoms with E-state index in [9.17, 15) is 0 Å². The molecule has 3 atom stereocenters. The minimum atomic E-state index is 0.368. The van der Waals surface area contributed by atoms with Crippen LogP contribution in [0.3, 0.4) is 0 Å². The number of hydrogen-bond donors (Lipinski definition) is 0. The van der Waals surface area contributed by atoms with Crippen molar-refractivity contribution < 1.29 is 0 Å². The molecular weight excluding hydrogens is 242 g/mol. The fourth-order valence-electron chi connectivity index (χ4n) is 4.85. The van der Waals surface area contributed by atoms with Crippen LogP contribution in [0.1, 0.15) is 84.5 Å². The van der Waals surface area contributed by atoms with Crippen LogP contribution in [0.4, 0.5) is 0 Å². The lowest BCUT2D eigenvalue weighted by Gasteiger charge is -2.41. The molecule has 0 saturated heterocycles. The lowest BCUT2D eigenvalue weighted by molar-refractivity contribution is 0.0994. The molecule has 0 aromatic carbocycles. The minimum absolute atomic E-state index is 0.368. The van der Waals surface area contributed by atoms with Gasteiger partial charge >= 0.3 is 0 Å². The maximum Gasteiger partial charge on any atom is 0.0655 e. The number of hydrogen-bond acceptors (Lipinski definition) is 1. The molecule has 2 fully saturated rings. The Morgan fingerprint density at radius 3 is 2.35 bits per heavy atom. The first-order valence-electron chi connectivity index (χ1n) is 9.14. The quantitative estimate of drug-likeness (QED) is 0.569. The van der Waals surface area contributed by atoms with E-state index in [1.165, 1.54) is 70.6 Å². The number of unbranched alkanes of at least 4 members (excludes halogenated alkanes) is 2. The number of rotatable bonds is 5. The Morgan fingerprint density at radius 1 is 1.00 bits per heavy atom. The van der Waals surface area contributed by atoms with Gasteiger partial charge < -0.3 is 0 Å². The van der Waals surface area contributed by atoms with E-state index in [0.29, 0.717) is 5.92 Å². The molecule has 0 spiro atoms. The first-order valence-corrected chi connectivity index (χ1v) is 9.14. The molecule has 0 heterocycles. The van der Waals surface area contributed by atoms with Gasteiger partial charge in [-0.2, -0.15) is 5.26 Å². The second kappa shape index (κ2) is 8.06. The predicted octanol–water partition coefficient (Wildman–Crippen LogP) is 5.95. The second-order valence-electron chi connectivity index (χ2n) is 7.56. The summed E-state index contributed by atoms with van der Waals surface area (Å²) in [4.78, 5) is 0. The maximum absolute atomic E-state index is 9.03. The molecule has 0 aliphatic heterocycles. The summed E-state index contributed by atoms with van der Waals surface area (Å²) in [6.07, 6.45) is 15.1. The molecule has 0 aromatic rings. The lowest BCUT2D eigenvalue weighted by atomic mass is 9.64. The number of nitrogens with zero attached hydrogens (tertiary/aromatic N) is 1. The van der Waals surface area contributed by atoms with Crippen molar-refractivity contribution in [2.45, 2.75) is 84.5 Å². The predicted molar refractivity (Wildman–Crippen MR) is 85.2 cm³/mol. The first kappa shape index (κ1) is 15.9. The third-order valence-electron chi connectivity index (χ3n) is 6.12.